The number of para-hydroxylation sites is 3. The Balaban J connectivity index is 0.000000238. The van der Waals surface area contributed by atoms with Crippen LogP contribution in [0.2, 0.25) is 0 Å². The first-order chi connectivity index (χ1) is 21.5. The summed E-state index contributed by atoms with van der Waals surface area (Å²) in [5, 5.41) is 2.48. The van der Waals surface area contributed by atoms with Crippen molar-refractivity contribution in [3.63, 3.8) is 0 Å². The summed E-state index contributed by atoms with van der Waals surface area (Å²) >= 11 is 0. The average Bonchev–Trinajstić information content (AvgIpc) is 3.65. The van der Waals surface area contributed by atoms with Crippen LogP contribution in [0.5, 0.6) is 0 Å². The van der Waals surface area contributed by atoms with Gasteiger partial charge in [0.25, 0.3) is 12.4 Å². The van der Waals surface area contributed by atoms with Gasteiger partial charge in [0.1, 0.15) is 0 Å². The summed E-state index contributed by atoms with van der Waals surface area (Å²) in [6.45, 7) is 18.2. The van der Waals surface area contributed by atoms with Gasteiger partial charge in [0.2, 0.25) is 11.4 Å². The molecule has 0 N–H and O–H groups in total. The van der Waals surface area contributed by atoms with Gasteiger partial charge in [-0.15, -0.1) is 11.0 Å². The Kier molecular flexibility index (Phi) is 11.4. The zero-order valence-electron chi connectivity index (χ0n) is 29.1. The Morgan fingerprint density at radius 3 is 1.41 bits per heavy atom. The first-order valence-electron chi connectivity index (χ1n) is 16.4. The molecule has 0 unspecified atom stereocenters. The van der Waals surface area contributed by atoms with Crippen molar-refractivity contribution >= 4 is 44.9 Å². The van der Waals surface area contributed by atoms with Crippen LogP contribution >= 0.6 is 0 Å². The zero-order valence-corrected chi connectivity index (χ0v) is 31.2. The van der Waals surface area contributed by atoms with Gasteiger partial charge in [-0.2, -0.15) is 0 Å². The minimum atomic E-state index is 0. The van der Waals surface area contributed by atoms with Crippen molar-refractivity contribution in [1.82, 2.24) is 4.98 Å². The van der Waals surface area contributed by atoms with Crippen molar-refractivity contribution in [2.45, 2.75) is 79.1 Å². The fraction of sp³-hybridized carbons (Fsp3) is 0.341. The molecule has 0 atom stereocenters. The number of anilines is 1. The third kappa shape index (κ3) is 7.17. The molecule has 5 aromatic rings. The van der Waals surface area contributed by atoms with Crippen LogP contribution in [0.15, 0.2) is 91.3 Å². The van der Waals surface area contributed by atoms with Crippen molar-refractivity contribution in [2.24, 2.45) is 0 Å². The number of benzene rings is 4. The van der Waals surface area contributed by atoms with Crippen LogP contribution in [0.25, 0.3) is 21.8 Å². The van der Waals surface area contributed by atoms with E-state index in [4.69, 9.17) is 0 Å². The van der Waals surface area contributed by atoms with Gasteiger partial charge < -0.3 is 9.88 Å². The maximum absolute atomic E-state index is 4.60. The monoisotopic (exact) mass is 794 g/mol. The van der Waals surface area contributed by atoms with Gasteiger partial charge in [-0.25, -0.2) is 0 Å². The Labute approximate surface area is 291 Å². The minimum Gasteiger partial charge on any atom is -0.657 e. The molecule has 0 aliphatic carbocycles. The second kappa shape index (κ2) is 14.8. The molecule has 4 aromatic carbocycles. The van der Waals surface area contributed by atoms with Crippen molar-refractivity contribution in [1.29, 1.82) is 0 Å². The summed E-state index contributed by atoms with van der Waals surface area (Å²) in [6.07, 6.45) is 4.32. The van der Waals surface area contributed by atoms with Gasteiger partial charge in [0.05, 0.1) is 0 Å². The van der Waals surface area contributed by atoms with Crippen LogP contribution < -0.4 is 9.88 Å². The van der Waals surface area contributed by atoms with Crippen molar-refractivity contribution < 1.29 is 31.5 Å². The number of fused-ring (bicyclic) bond motifs is 3. The van der Waals surface area contributed by atoms with Crippen LogP contribution in [0, 0.1) is 0 Å². The molecule has 0 amide bonds. The third-order valence-electron chi connectivity index (χ3n) is 8.68. The molecule has 0 saturated carbocycles. The Bertz CT molecular complexity index is 1800. The molecule has 4 nitrogen and oxygen atoms in total. The largest absolute Gasteiger partial charge is 1.00 e. The fourth-order valence-electron chi connectivity index (χ4n) is 6.19. The topological polar surface area (TPSA) is 23.4 Å². The molecular weight excluding hydrogens is 745 g/mol. The molecule has 1 aromatic heterocycles. The van der Waals surface area contributed by atoms with Gasteiger partial charge in [0.15, 0.2) is 0 Å². The van der Waals surface area contributed by atoms with Crippen LogP contribution in [-0.4, -0.2) is 29.3 Å². The Hall–Kier alpha value is -3.66. The predicted octanol–water partition coefficient (Wildman–Crippen LogP) is 10.8. The van der Waals surface area contributed by atoms with Crippen molar-refractivity contribution in [2.75, 3.05) is 19.0 Å². The van der Waals surface area contributed by atoms with E-state index in [0.717, 1.165) is 11.0 Å². The zero-order chi connectivity index (χ0) is 32.4. The van der Waals surface area contributed by atoms with E-state index in [-0.39, 0.29) is 22.4 Å². The molecule has 1 aliphatic rings. The quantitative estimate of drug-likeness (QED) is 0.121. The molecular formula is C41H49AuN4+2. The standard InChI is InChI=1S/C27H36N2.C14H13N2.Au/c1-18(2)22-11-9-12-23(19(3)4)26(22)28-15-16-29(17-28)27-24(20(5)6)13-10-14-25(27)21(7)8;1-16(2)10-7-8-14-12(9-10)11-5-3-4-6-13(11)15-14;/h9-16,18-21H,1-8H3;3-9H,1-2H3;/q+2;-1;+1. The van der Waals surface area contributed by atoms with E-state index in [1.165, 1.54) is 50.1 Å². The first-order valence-corrected chi connectivity index (χ1v) is 16.4. The van der Waals surface area contributed by atoms with Crippen LogP contribution in [-0.2, 0) is 22.4 Å². The number of rotatable bonds is 7. The summed E-state index contributed by atoms with van der Waals surface area (Å²) in [5.74, 6) is 1.84. The van der Waals surface area contributed by atoms with Crippen molar-refractivity contribution in [3.8, 4) is 0 Å². The van der Waals surface area contributed by atoms with Gasteiger partial charge in [-0.1, -0.05) is 131 Å². The Morgan fingerprint density at radius 1 is 0.543 bits per heavy atom. The van der Waals surface area contributed by atoms with E-state index < -0.39 is 0 Å². The summed E-state index contributed by atoms with van der Waals surface area (Å²) in [7, 11) is 4.11. The van der Waals surface area contributed by atoms with E-state index in [1.54, 1.807) is 0 Å². The minimum absolute atomic E-state index is 0. The molecule has 0 bridgehead atoms. The van der Waals surface area contributed by atoms with Gasteiger partial charge in [0, 0.05) is 42.0 Å². The van der Waals surface area contributed by atoms with Crippen molar-refractivity contribution in [3.05, 3.63) is 114 Å². The summed E-state index contributed by atoms with van der Waals surface area (Å²) in [5.41, 5.74) is 11.4. The number of hydrogen-bond donors (Lipinski definition) is 0. The molecule has 0 spiro atoms. The van der Waals surface area contributed by atoms with Crippen LogP contribution in [0.4, 0.5) is 17.1 Å². The summed E-state index contributed by atoms with van der Waals surface area (Å²) < 4.78 is 4.40. The van der Waals surface area contributed by atoms with Gasteiger partial charge in [-0.05, 0) is 46.6 Å². The van der Waals surface area contributed by atoms with Gasteiger partial charge in [-0.3, -0.25) is 0 Å². The first kappa shape index (κ1) is 35.2. The third-order valence-corrected chi connectivity index (χ3v) is 8.68. The molecule has 2 heterocycles. The molecule has 242 valence electrons. The number of aromatic nitrogens is 1. The maximum Gasteiger partial charge on any atom is 1.00 e. The number of nitrogens with zero attached hydrogens (tertiary/aromatic N) is 4. The summed E-state index contributed by atoms with van der Waals surface area (Å²) in [6, 6.07) is 31.7. The fourth-order valence-corrected chi connectivity index (χ4v) is 6.19. The number of hydrogen-bond acceptors (Lipinski definition) is 1. The van der Waals surface area contributed by atoms with Crippen LogP contribution in [0.1, 0.15) is 101 Å². The summed E-state index contributed by atoms with van der Waals surface area (Å²) in [4.78, 5) is 6.71. The molecule has 46 heavy (non-hydrogen) atoms. The van der Waals surface area contributed by atoms with E-state index in [0.29, 0.717) is 23.7 Å². The molecule has 6 rings (SSSR count). The maximum atomic E-state index is 4.60. The molecule has 0 radical (unpaired) electrons. The molecule has 0 saturated heterocycles. The van der Waals surface area contributed by atoms with E-state index in [1.807, 2.05) is 6.07 Å². The van der Waals surface area contributed by atoms with E-state index >= 15 is 0 Å². The van der Waals surface area contributed by atoms with Gasteiger partial charge >= 0.3 is 28.4 Å². The predicted molar refractivity (Wildman–Crippen MR) is 192 cm³/mol. The van der Waals surface area contributed by atoms with E-state index in [9.17, 15) is 0 Å². The SMILES string of the molecule is CC(C)c1cccc(C(C)C)c1[N+]1=C=[N+](c2c(C(C)C)cccc2C(C)C)C=C1.CN(C)c1ccc2[n-]c3ccccc3c2c1.[Au+]. The smallest absolute Gasteiger partial charge is 0.657 e. The molecule has 1 aliphatic heterocycles. The second-order valence-corrected chi connectivity index (χ2v) is 13.6. The average molecular weight is 795 g/mol. The van der Waals surface area contributed by atoms with Crippen LogP contribution in [0.3, 0.4) is 0 Å². The molecule has 0 fully saturated rings. The Morgan fingerprint density at radius 2 is 0.978 bits per heavy atom. The van der Waals surface area contributed by atoms with E-state index in [2.05, 4.69) is 180 Å². The normalized spacial score (nSPS) is 12.6. The second-order valence-electron chi connectivity index (χ2n) is 13.6. The molecule has 5 heteroatoms.